The number of morpholine rings is 1. The number of aryl methyl sites for hydroxylation is 1. The van der Waals surface area contributed by atoms with Crippen LogP contribution in [0.1, 0.15) is 25.8 Å². The van der Waals surface area contributed by atoms with Crippen LogP contribution in [0.5, 0.6) is 11.5 Å². The summed E-state index contributed by atoms with van der Waals surface area (Å²) in [6.07, 6.45) is 1.35. The van der Waals surface area contributed by atoms with Crippen molar-refractivity contribution in [2.75, 3.05) is 19.9 Å². The monoisotopic (exact) mass is 291 g/mol. The number of amides is 1. The van der Waals surface area contributed by atoms with Gasteiger partial charge in [-0.25, -0.2) is 0 Å². The van der Waals surface area contributed by atoms with Crippen LogP contribution in [-0.2, 0) is 16.0 Å². The Bertz CT molecular complexity index is 531. The van der Waals surface area contributed by atoms with Crippen molar-refractivity contribution in [1.29, 1.82) is 0 Å². The molecule has 2 aliphatic rings. The van der Waals surface area contributed by atoms with E-state index in [1.165, 1.54) is 0 Å². The molecular weight excluding hydrogens is 270 g/mol. The van der Waals surface area contributed by atoms with Gasteiger partial charge in [-0.15, -0.1) is 0 Å². The van der Waals surface area contributed by atoms with Gasteiger partial charge in [0.25, 0.3) is 0 Å². The molecule has 1 aromatic carbocycles. The molecular formula is C16H21NO4. The van der Waals surface area contributed by atoms with Crippen LogP contribution in [0.15, 0.2) is 18.2 Å². The molecule has 114 valence electrons. The Labute approximate surface area is 124 Å². The van der Waals surface area contributed by atoms with Crippen LogP contribution in [-0.4, -0.2) is 42.9 Å². The van der Waals surface area contributed by atoms with Crippen molar-refractivity contribution >= 4 is 5.91 Å². The van der Waals surface area contributed by atoms with Crippen molar-refractivity contribution in [3.05, 3.63) is 23.8 Å². The van der Waals surface area contributed by atoms with Crippen LogP contribution in [0.3, 0.4) is 0 Å². The van der Waals surface area contributed by atoms with Crippen molar-refractivity contribution in [1.82, 2.24) is 4.90 Å². The predicted molar refractivity (Wildman–Crippen MR) is 77.5 cm³/mol. The Morgan fingerprint density at radius 1 is 1.29 bits per heavy atom. The molecule has 21 heavy (non-hydrogen) atoms. The maximum absolute atomic E-state index is 12.4. The molecule has 0 aromatic heterocycles. The van der Waals surface area contributed by atoms with Crippen molar-refractivity contribution < 1.29 is 19.0 Å². The van der Waals surface area contributed by atoms with Gasteiger partial charge < -0.3 is 19.1 Å². The van der Waals surface area contributed by atoms with Gasteiger partial charge in [0.2, 0.25) is 12.7 Å². The Balaban J connectivity index is 1.58. The summed E-state index contributed by atoms with van der Waals surface area (Å²) in [5, 5.41) is 0. The third-order valence-corrected chi connectivity index (χ3v) is 3.99. The maximum Gasteiger partial charge on any atom is 0.231 e. The fraction of sp³-hybridized carbons (Fsp3) is 0.562. The summed E-state index contributed by atoms with van der Waals surface area (Å²) in [7, 11) is 0. The van der Waals surface area contributed by atoms with E-state index in [9.17, 15) is 4.79 Å². The van der Waals surface area contributed by atoms with E-state index in [1.54, 1.807) is 0 Å². The molecule has 5 nitrogen and oxygen atoms in total. The summed E-state index contributed by atoms with van der Waals surface area (Å²) < 4.78 is 16.2. The summed E-state index contributed by atoms with van der Waals surface area (Å²) in [6.45, 7) is 5.62. The number of hydrogen-bond donors (Lipinski definition) is 0. The largest absolute Gasteiger partial charge is 0.454 e. The first-order valence-corrected chi connectivity index (χ1v) is 7.43. The molecule has 1 amide bonds. The average Bonchev–Trinajstić information content (AvgIpc) is 2.94. The van der Waals surface area contributed by atoms with Crippen LogP contribution in [0.25, 0.3) is 0 Å². The van der Waals surface area contributed by atoms with Gasteiger partial charge in [0.05, 0.1) is 18.8 Å². The van der Waals surface area contributed by atoms with Gasteiger partial charge in [-0.05, 0) is 38.0 Å². The molecule has 1 saturated heterocycles. The van der Waals surface area contributed by atoms with Gasteiger partial charge in [-0.3, -0.25) is 4.79 Å². The average molecular weight is 291 g/mol. The summed E-state index contributed by atoms with van der Waals surface area (Å²) >= 11 is 0. The number of carbonyl (C=O) groups excluding carboxylic acids is 1. The standard InChI is InChI=1S/C16H21NO4/c1-11-9-19-12(2)8-17(11)16(18)6-4-13-3-5-14-15(7-13)21-10-20-14/h3,5,7,11-12H,4,6,8-10H2,1-2H3/t11-,12-/m1/s1. The SMILES string of the molecule is C[C@@H]1CN(C(=O)CCc2ccc3c(c2)OCO3)[C@H](C)CO1. The molecule has 0 N–H and O–H groups in total. The van der Waals surface area contributed by atoms with Gasteiger partial charge in [0, 0.05) is 13.0 Å². The third-order valence-electron chi connectivity index (χ3n) is 3.99. The first kappa shape index (κ1) is 14.2. The Morgan fingerprint density at radius 3 is 2.95 bits per heavy atom. The Kier molecular flexibility index (Phi) is 4.01. The van der Waals surface area contributed by atoms with Gasteiger partial charge in [0.1, 0.15) is 0 Å². The lowest BCUT2D eigenvalue weighted by molar-refractivity contribution is -0.143. The second kappa shape index (κ2) is 5.93. The number of carbonyl (C=O) groups is 1. The zero-order chi connectivity index (χ0) is 14.8. The minimum atomic E-state index is 0.121. The van der Waals surface area contributed by atoms with E-state index < -0.39 is 0 Å². The first-order chi connectivity index (χ1) is 10.1. The molecule has 0 aliphatic carbocycles. The lowest BCUT2D eigenvalue weighted by Gasteiger charge is -2.36. The van der Waals surface area contributed by atoms with E-state index in [0.29, 0.717) is 26.0 Å². The molecule has 0 bridgehead atoms. The summed E-state index contributed by atoms with van der Waals surface area (Å²) in [5.74, 6) is 1.74. The Hall–Kier alpha value is -1.75. The summed E-state index contributed by atoms with van der Waals surface area (Å²) in [5.41, 5.74) is 1.10. The highest BCUT2D eigenvalue weighted by molar-refractivity contribution is 5.77. The summed E-state index contributed by atoms with van der Waals surface area (Å²) in [6, 6.07) is 6.01. The highest BCUT2D eigenvalue weighted by Gasteiger charge is 2.27. The van der Waals surface area contributed by atoms with E-state index in [2.05, 4.69) is 0 Å². The molecule has 1 aromatic rings. The van der Waals surface area contributed by atoms with E-state index in [0.717, 1.165) is 17.1 Å². The van der Waals surface area contributed by atoms with Crippen molar-refractivity contribution in [3.8, 4) is 11.5 Å². The van der Waals surface area contributed by atoms with Gasteiger partial charge in [-0.1, -0.05) is 6.07 Å². The van der Waals surface area contributed by atoms with Gasteiger partial charge in [-0.2, -0.15) is 0 Å². The van der Waals surface area contributed by atoms with Crippen molar-refractivity contribution in [3.63, 3.8) is 0 Å². The zero-order valence-electron chi connectivity index (χ0n) is 12.5. The van der Waals surface area contributed by atoms with Crippen LogP contribution >= 0.6 is 0 Å². The van der Waals surface area contributed by atoms with Crippen molar-refractivity contribution in [2.45, 2.75) is 38.8 Å². The van der Waals surface area contributed by atoms with Crippen LogP contribution < -0.4 is 9.47 Å². The highest BCUT2D eigenvalue weighted by atomic mass is 16.7. The van der Waals surface area contributed by atoms with Gasteiger partial charge >= 0.3 is 0 Å². The minimum absolute atomic E-state index is 0.121. The second-order valence-electron chi connectivity index (χ2n) is 5.73. The quantitative estimate of drug-likeness (QED) is 0.854. The lowest BCUT2D eigenvalue weighted by atomic mass is 10.1. The number of benzene rings is 1. The molecule has 5 heteroatoms. The normalized spacial score (nSPS) is 24.2. The molecule has 0 spiro atoms. The smallest absolute Gasteiger partial charge is 0.231 e. The van der Waals surface area contributed by atoms with Crippen LogP contribution in [0.2, 0.25) is 0 Å². The molecule has 1 fully saturated rings. The molecule has 0 unspecified atom stereocenters. The number of ether oxygens (including phenoxy) is 3. The lowest BCUT2D eigenvalue weighted by Crippen LogP contribution is -2.50. The van der Waals surface area contributed by atoms with Crippen LogP contribution in [0.4, 0.5) is 0 Å². The molecule has 2 atom stereocenters. The number of hydrogen-bond acceptors (Lipinski definition) is 4. The maximum atomic E-state index is 12.4. The zero-order valence-corrected chi connectivity index (χ0v) is 12.5. The minimum Gasteiger partial charge on any atom is -0.454 e. The summed E-state index contributed by atoms with van der Waals surface area (Å²) in [4.78, 5) is 14.3. The Morgan fingerprint density at radius 2 is 2.10 bits per heavy atom. The van der Waals surface area contributed by atoms with E-state index in [1.807, 2.05) is 36.9 Å². The molecule has 3 rings (SSSR count). The first-order valence-electron chi connectivity index (χ1n) is 7.43. The predicted octanol–water partition coefficient (Wildman–Crippen LogP) is 1.98. The van der Waals surface area contributed by atoms with E-state index >= 15 is 0 Å². The third kappa shape index (κ3) is 3.13. The molecule has 0 radical (unpaired) electrons. The van der Waals surface area contributed by atoms with Gasteiger partial charge in [0.15, 0.2) is 11.5 Å². The number of nitrogens with zero attached hydrogens (tertiary/aromatic N) is 1. The fourth-order valence-electron chi connectivity index (χ4n) is 2.74. The number of fused-ring (bicyclic) bond motifs is 1. The second-order valence-corrected chi connectivity index (χ2v) is 5.73. The van der Waals surface area contributed by atoms with Crippen molar-refractivity contribution in [2.24, 2.45) is 0 Å². The molecule has 2 aliphatic heterocycles. The van der Waals surface area contributed by atoms with Crippen LogP contribution in [0, 0.1) is 0 Å². The van der Waals surface area contributed by atoms with E-state index in [4.69, 9.17) is 14.2 Å². The fourth-order valence-corrected chi connectivity index (χ4v) is 2.74. The highest BCUT2D eigenvalue weighted by Crippen LogP contribution is 2.32. The van der Waals surface area contributed by atoms with E-state index in [-0.39, 0.29) is 24.8 Å². The molecule has 0 saturated carbocycles. The number of rotatable bonds is 3. The molecule has 2 heterocycles. The topological polar surface area (TPSA) is 48.0 Å².